The number of Topliss-reactive ketones (excluding diaryl/α,β-unsaturated/α-hetero) is 2. The molecule has 0 bridgehead atoms. The van der Waals surface area contributed by atoms with Crippen LogP contribution in [0.3, 0.4) is 0 Å². The number of carbonyl (C=O) groups excluding carboxylic acids is 2. The number of fused-ring (bicyclic) bond motifs is 1. The molecule has 12 nitrogen and oxygen atoms in total. The Bertz CT molecular complexity index is 1060. The molecule has 1 heterocycles. The van der Waals surface area contributed by atoms with Crippen LogP contribution in [-0.4, -0.2) is 110 Å². The molecule has 3 rings (SSSR count). The normalized spacial score (nSPS) is 11.9. The number of hydrogen-bond donors (Lipinski definition) is 1. The van der Waals surface area contributed by atoms with E-state index in [0.29, 0.717) is 89.1 Å². The lowest BCUT2D eigenvalue weighted by Crippen LogP contribution is -2.15. The van der Waals surface area contributed by atoms with Crippen LogP contribution < -0.4 is 18.9 Å². The Morgan fingerprint density at radius 2 is 1.18 bits per heavy atom. The molecule has 1 N–H and O–H groups in total. The van der Waals surface area contributed by atoms with E-state index in [1.54, 1.807) is 12.1 Å². The van der Waals surface area contributed by atoms with Gasteiger partial charge < -0.3 is 47.7 Å². The summed E-state index contributed by atoms with van der Waals surface area (Å²) in [6.45, 7) is 4.41. The zero-order valence-corrected chi connectivity index (χ0v) is 22.6. The molecule has 0 fully saturated rings. The number of aliphatic hydroxyl groups excluding tert-OH is 1. The van der Waals surface area contributed by atoms with Crippen LogP contribution in [0.5, 0.6) is 23.0 Å². The monoisotopic (exact) mass is 564 g/mol. The van der Waals surface area contributed by atoms with Gasteiger partial charge in [0.1, 0.15) is 18.1 Å². The second-order valence-corrected chi connectivity index (χ2v) is 8.26. The lowest BCUT2D eigenvalue weighted by molar-refractivity contribution is -0.0146. The van der Waals surface area contributed by atoms with Crippen LogP contribution in [0.4, 0.5) is 0 Å². The fourth-order valence-corrected chi connectivity index (χ4v) is 3.47. The second-order valence-electron chi connectivity index (χ2n) is 8.26. The molecule has 0 spiro atoms. The lowest BCUT2D eigenvalue weighted by Gasteiger charge is -2.11. The van der Waals surface area contributed by atoms with E-state index < -0.39 is 11.6 Å². The Morgan fingerprint density at radius 3 is 1.77 bits per heavy atom. The number of rotatable bonds is 22. The van der Waals surface area contributed by atoms with Crippen LogP contribution in [-0.2, 0) is 23.7 Å². The minimum atomic E-state index is -0.698. The van der Waals surface area contributed by atoms with E-state index in [4.69, 9.17) is 47.7 Å². The van der Waals surface area contributed by atoms with Crippen LogP contribution in [0.25, 0.3) is 0 Å². The molecule has 0 unspecified atom stereocenters. The highest BCUT2D eigenvalue weighted by Gasteiger charge is 2.23. The van der Waals surface area contributed by atoms with Crippen molar-refractivity contribution in [3.63, 3.8) is 0 Å². The van der Waals surface area contributed by atoms with Gasteiger partial charge in [0.2, 0.25) is 18.4 Å². The molecule has 0 amide bonds. The van der Waals surface area contributed by atoms with Crippen LogP contribution >= 0.6 is 0 Å². The maximum absolute atomic E-state index is 12.9. The molecule has 40 heavy (non-hydrogen) atoms. The van der Waals surface area contributed by atoms with Crippen molar-refractivity contribution < 1.29 is 57.3 Å². The van der Waals surface area contributed by atoms with Crippen molar-refractivity contribution in [2.45, 2.75) is 0 Å². The number of aliphatic hydroxyl groups is 1. The van der Waals surface area contributed by atoms with Crippen molar-refractivity contribution >= 4 is 11.6 Å². The van der Waals surface area contributed by atoms with Gasteiger partial charge >= 0.3 is 0 Å². The third kappa shape index (κ3) is 10.7. The number of ether oxygens (including phenoxy) is 9. The summed E-state index contributed by atoms with van der Waals surface area (Å²) in [4.78, 5) is 25.7. The first-order valence-electron chi connectivity index (χ1n) is 12.9. The molecular formula is C28H36O12. The van der Waals surface area contributed by atoms with Gasteiger partial charge in [-0.25, -0.2) is 0 Å². The number of benzene rings is 2. The van der Waals surface area contributed by atoms with Crippen molar-refractivity contribution in [1.29, 1.82) is 0 Å². The molecular weight excluding hydrogens is 528 g/mol. The SMILES string of the molecule is COc1cc(OCCOCCOCCOCCOCCOCCO)cc(C(=O)C(=O)c2ccc3c(c2)OCO3)c1. The Morgan fingerprint density at radius 1 is 0.650 bits per heavy atom. The minimum Gasteiger partial charge on any atom is -0.497 e. The summed E-state index contributed by atoms with van der Waals surface area (Å²) in [5, 5.41) is 8.59. The van der Waals surface area contributed by atoms with Crippen molar-refractivity contribution in [2.24, 2.45) is 0 Å². The largest absolute Gasteiger partial charge is 0.497 e. The summed E-state index contributed by atoms with van der Waals surface area (Å²) in [5.41, 5.74) is 0.347. The number of methoxy groups -OCH3 is 1. The average Bonchev–Trinajstić information content (AvgIpc) is 3.46. The standard InChI is InChI=1S/C28H36O12/c1-32-23-16-22(28(31)27(30)21-2-3-25-26(18-21)40-20-39-25)17-24(19-23)38-15-14-37-13-12-36-11-10-35-9-8-34-7-6-33-5-4-29/h2-3,16-19,29H,4-15,20H2,1H3. The van der Waals surface area contributed by atoms with Crippen LogP contribution in [0, 0.1) is 0 Å². The third-order valence-corrected chi connectivity index (χ3v) is 5.44. The van der Waals surface area contributed by atoms with Crippen LogP contribution in [0.2, 0.25) is 0 Å². The highest BCUT2D eigenvalue weighted by Crippen LogP contribution is 2.33. The molecule has 0 radical (unpaired) electrons. The molecule has 0 aliphatic carbocycles. The molecule has 0 aromatic heterocycles. The summed E-state index contributed by atoms with van der Waals surface area (Å²) in [6.07, 6.45) is 0. The van der Waals surface area contributed by atoms with Crippen molar-refractivity contribution in [3.05, 3.63) is 47.5 Å². The van der Waals surface area contributed by atoms with Crippen molar-refractivity contribution in [2.75, 3.05) is 93.2 Å². The summed E-state index contributed by atoms with van der Waals surface area (Å²) >= 11 is 0. The van der Waals surface area contributed by atoms with E-state index in [9.17, 15) is 9.59 Å². The number of hydrogen-bond acceptors (Lipinski definition) is 12. The lowest BCUT2D eigenvalue weighted by atomic mass is 10.0. The topological polar surface area (TPSA) is 137 Å². The van der Waals surface area contributed by atoms with Crippen molar-refractivity contribution in [3.8, 4) is 23.0 Å². The number of carbonyl (C=O) groups is 2. The molecule has 2 aromatic rings. The molecule has 0 saturated carbocycles. The Hall–Kier alpha value is -3.26. The summed E-state index contributed by atoms with van der Waals surface area (Å²) in [6, 6.07) is 9.22. The van der Waals surface area contributed by atoms with Gasteiger partial charge in [-0.1, -0.05) is 0 Å². The molecule has 1 aliphatic heterocycles. The predicted octanol–water partition coefficient (Wildman–Crippen LogP) is 1.94. The Labute approximate surface area is 232 Å². The summed E-state index contributed by atoms with van der Waals surface area (Å²) in [7, 11) is 1.47. The van der Waals surface area contributed by atoms with E-state index in [2.05, 4.69) is 0 Å². The smallest absolute Gasteiger partial charge is 0.233 e. The van der Waals surface area contributed by atoms with Gasteiger partial charge in [0.25, 0.3) is 0 Å². The van der Waals surface area contributed by atoms with Gasteiger partial charge in [0, 0.05) is 17.2 Å². The third-order valence-electron chi connectivity index (χ3n) is 5.44. The van der Waals surface area contributed by atoms with Crippen molar-refractivity contribution in [1.82, 2.24) is 0 Å². The van der Waals surface area contributed by atoms with E-state index >= 15 is 0 Å². The van der Waals surface area contributed by atoms with Gasteiger partial charge in [-0.2, -0.15) is 0 Å². The molecule has 2 aromatic carbocycles. The summed E-state index contributed by atoms with van der Waals surface area (Å²) < 4.78 is 48.3. The van der Waals surface area contributed by atoms with E-state index in [-0.39, 0.29) is 31.1 Å². The minimum absolute atomic E-state index is 0.00475. The van der Waals surface area contributed by atoms with Gasteiger partial charge in [0.15, 0.2) is 11.5 Å². The second kappa shape index (κ2) is 18.2. The zero-order chi connectivity index (χ0) is 28.4. The number of ketones is 2. The van der Waals surface area contributed by atoms with Crippen LogP contribution in [0.15, 0.2) is 36.4 Å². The molecule has 220 valence electrons. The quantitative estimate of drug-likeness (QED) is 0.127. The maximum atomic E-state index is 12.9. The highest BCUT2D eigenvalue weighted by atomic mass is 16.7. The van der Waals surface area contributed by atoms with Gasteiger partial charge in [-0.3, -0.25) is 9.59 Å². The Balaban J connectivity index is 1.28. The first-order valence-corrected chi connectivity index (χ1v) is 12.9. The first kappa shape index (κ1) is 31.3. The molecule has 1 aliphatic rings. The Kier molecular flexibility index (Phi) is 14.2. The molecule has 0 atom stereocenters. The predicted molar refractivity (Wildman–Crippen MR) is 141 cm³/mol. The molecule has 0 saturated heterocycles. The maximum Gasteiger partial charge on any atom is 0.233 e. The fourth-order valence-electron chi connectivity index (χ4n) is 3.47. The van der Waals surface area contributed by atoms with Crippen LogP contribution in [0.1, 0.15) is 20.7 Å². The van der Waals surface area contributed by atoms with Gasteiger partial charge in [0.05, 0.1) is 79.8 Å². The van der Waals surface area contributed by atoms with Gasteiger partial charge in [-0.05, 0) is 30.3 Å². The molecule has 12 heteroatoms. The highest BCUT2D eigenvalue weighted by molar-refractivity contribution is 6.49. The summed E-state index contributed by atoms with van der Waals surface area (Å²) in [5.74, 6) is 0.330. The average molecular weight is 565 g/mol. The van der Waals surface area contributed by atoms with E-state index in [1.807, 2.05) is 0 Å². The zero-order valence-electron chi connectivity index (χ0n) is 22.6. The van der Waals surface area contributed by atoms with Gasteiger partial charge in [-0.15, -0.1) is 0 Å². The fraction of sp³-hybridized carbons (Fsp3) is 0.500. The van der Waals surface area contributed by atoms with E-state index in [0.717, 1.165) is 0 Å². The van der Waals surface area contributed by atoms with E-state index in [1.165, 1.54) is 31.4 Å². The first-order chi connectivity index (χ1) is 19.6.